The van der Waals surface area contributed by atoms with Gasteiger partial charge < -0.3 is 10.4 Å². The molecule has 35 heavy (non-hydrogen) atoms. The summed E-state index contributed by atoms with van der Waals surface area (Å²) in [6.07, 6.45) is -3.88. The first-order chi connectivity index (χ1) is 16.7. The molecule has 0 aliphatic carbocycles. The summed E-state index contributed by atoms with van der Waals surface area (Å²) in [5, 5.41) is 13.3. The fraction of sp³-hybridized carbons (Fsp3) is 0.500. The minimum absolute atomic E-state index is 0.169. The van der Waals surface area contributed by atoms with Crippen molar-refractivity contribution in [3.8, 4) is 0 Å². The number of nitrogens with zero attached hydrogens (tertiary/aromatic N) is 3. The third-order valence-electron chi connectivity index (χ3n) is 6.64. The third kappa shape index (κ3) is 7.76. The Bertz CT molecular complexity index is 993. The fourth-order valence-corrected chi connectivity index (χ4v) is 4.81. The number of carbonyl (C=O) groups excluding carboxylic acids is 1. The van der Waals surface area contributed by atoms with Crippen molar-refractivity contribution >= 4 is 5.91 Å². The number of β-amino-alcohol motifs (C(OH)–C–C–N with tert-alkyl or cyclic N) is 1. The van der Waals surface area contributed by atoms with Crippen LogP contribution in [0.15, 0.2) is 48.5 Å². The molecule has 0 saturated carbocycles. The van der Waals surface area contributed by atoms with E-state index in [1.54, 1.807) is 6.07 Å². The van der Waals surface area contributed by atoms with Gasteiger partial charge in [-0.15, -0.1) is 0 Å². The van der Waals surface area contributed by atoms with Crippen LogP contribution in [0.4, 0.5) is 13.2 Å². The molecule has 2 heterocycles. The molecular weight excluding hydrogens is 457 g/mol. The highest BCUT2D eigenvalue weighted by Gasteiger charge is 2.32. The molecule has 2 N–H and O–H groups in total. The highest BCUT2D eigenvalue weighted by molar-refractivity contribution is 5.94. The van der Waals surface area contributed by atoms with Crippen LogP contribution in [-0.2, 0) is 19.5 Å². The number of piperazine rings is 1. The Hall–Kier alpha value is -2.46. The lowest BCUT2D eigenvalue weighted by Crippen LogP contribution is -2.48. The van der Waals surface area contributed by atoms with Crippen LogP contribution in [0.1, 0.15) is 27.0 Å². The van der Waals surface area contributed by atoms with Gasteiger partial charge in [0.25, 0.3) is 5.91 Å². The van der Waals surface area contributed by atoms with Gasteiger partial charge in [-0.3, -0.25) is 19.5 Å². The summed E-state index contributed by atoms with van der Waals surface area (Å²) in [4.78, 5) is 18.4. The number of halogens is 3. The Morgan fingerprint density at radius 3 is 2.40 bits per heavy atom. The van der Waals surface area contributed by atoms with Crippen molar-refractivity contribution in [2.24, 2.45) is 0 Å². The Labute approximate surface area is 204 Å². The molecule has 0 radical (unpaired) electrons. The number of rotatable bonds is 8. The molecule has 2 aliphatic rings. The second-order valence-corrected chi connectivity index (χ2v) is 9.49. The normalized spacial score (nSPS) is 18.7. The predicted molar refractivity (Wildman–Crippen MR) is 128 cm³/mol. The summed E-state index contributed by atoms with van der Waals surface area (Å²) in [6, 6.07) is 15.6. The zero-order chi connectivity index (χ0) is 24.8. The van der Waals surface area contributed by atoms with E-state index < -0.39 is 18.8 Å². The molecule has 2 aliphatic heterocycles. The van der Waals surface area contributed by atoms with E-state index in [9.17, 15) is 23.1 Å². The summed E-state index contributed by atoms with van der Waals surface area (Å²) in [5.74, 6) is -0.245. The summed E-state index contributed by atoms with van der Waals surface area (Å²) in [5.41, 5.74) is 4.09. The van der Waals surface area contributed by atoms with E-state index in [1.165, 1.54) is 16.0 Å². The van der Waals surface area contributed by atoms with E-state index in [4.69, 9.17) is 0 Å². The van der Waals surface area contributed by atoms with E-state index in [-0.39, 0.29) is 12.5 Å². The molecule has 1 unspecified atom stereocenters. The first-order valence-corrected chi connectivity index (χ1v) is 12.1. The molecule has 2 aromatic rings. The summed E-state index contributed by atoms with van der Waals surface area (Å²) in [7, 11) is 0. The number of fused-ring (bicyclic) bond motifs is 1. The first-order valence-electron chi connectivity index (χ1n) is 12.1. The van der Waals surface area contributed by atoms with Crippen molar-refractivity contribution in [3.05, 3.63) is 70.8 Å². The summed E-state index contributed by atoms with van der Waals surface area (Å²) < 4.78 is 37.7. The molecule has 0 aromatic heterocycles. The molecule has 2 aromatic carbocycles. The molecule has 1 fully saturated rings. The lowest BCUT2D eigenvalue weighted by Gasteiger charge is -2.35. The highest BCUT2D eigenvalue weighted by atomic mass is 19.4. The Balaban J connectivity index is 1.21. The largest absolute Gasteiger partial charge is 0.401 e. The number of hydrogen-bond donors (Lipinski definition) is 2. The van der Waals surface area contributed by atoms with Crippen molar-refractivity contribution in [1.82, 2.24) is 20.0 Å². The Morgan fingerprint density at radius 2 is 1.66 bits per heavy atom. The van der Waals surface area contributed by atoms with E-state index in [0.29, 0.717) is 44.8 Å². The van der Waals surface area contributed by atoms with Gasteiger partial charge in [0, 0.05) is 64.5 Å². The summed E-state index contributed by atoms with van der Waals surface area (Å²) in [6.45, 7) is 3.92. The minimum Gasteiger partial charge on any atom is -0.390 e. The van der Waals surface area contributed by atoms with E-state index in [1.807, 2.05) is 30.3 Å². The molecule has 6 nitrogen and oxygen atoms in total. The van der Waals surface area contributed by atoms with Crippen LogP contribution in [-0.4, -0.2) is 90.4 Å². The average Bonchev–Trinajstić information content (AvgIpc) is 2.83. The quantitative estimate of drug-likeness (QED) is 0.596. The zero-order valence-electron chi connectivity index (χ0n) is 19.8. The number of aliphatic hydroxyl groups is 1. The van der Waals surface area contributed by atoms with Crippen molar-refractivity contribution in [3.63, 3.8) is 0 Å². The summed E-state index contributed by atoms with van der Waals surface area (Å²) >= 11 is 0. The molecule has 1 saturated heterocycles. The van der Waals surface area contributed by atoms with Gasteiger partial charge in [0.2, 0.25) is 0 Å². The van der Waals surface area contributed by atoms with Crippen molar-refractivity contribution in [1.29, 1.82) is 0 Å². The Kier molecular flexibility index (Phi) is 8.43. The minimum atomic E-state index is -4.17. The molecule has 190 valence electrons. The van der Waals surface area contributed by atoms with Crippen LogP contribution in [0.2, 0.25) is 0 Å². The van der Waals surface area contributed by atoms with Crippen LogP contribution in [0.3, 0.4) is 0 Å². The number of carbonyl (C=O) groups is 1. The smallest absolute Gasteiger partial charge is 0.390 e. The van der Waals surface area contributed by atoms with Crippen LogP contribution in [0.5, 0.6) is 0 Å². The molecule has 0 spiro atoms. The lowest BCUT2D eigenvalue weighted by molar-refractivity contribution is -0.149. The lowest BCUT2D eigenvalue weighted by atomic mass is 10.00. The molecular formula is C26H33F3N4O2. The van der Waals surface area contributed by atoms with Gasteiger partial charge in [-0.25, -0.2) is 0 Å². The fourth-order valence-electron chi connectivity index (χ4n) is 4.81. The molecule has 4 rings (SSSR count). The second-order valence-electron chi connectivity index (χ2n) is 9.49. The van der Waals surface area contributed by atoms with E-state index in [0.717, 1.165) is 25.1 Å². The maximum atomic E-state index is 12.7. The number of benzene rings is 2. The van der Waals surface area contributed by atoms with Crippen molar-refractivity contribution < 1.29 is 23.1 Å². The van der Waals surface area contributed by atoms with E-state index in [2.05, 4.69) is 27.2 Å². The number of hydrogen-bond acceptors (Lipinski definition) is 5. The van der Waals surface area contributed by atoms with Crippen molar-refractivity contribution in [2.45, 2.75) is 31.8 Å². The van der Waals surface area contributed by atoms with Gasteiger partial charge in [0.15, 0.2) is 0 Å². The third-order valence-corrected chi connectivity index (χ3v) is 6.64. The molecule has 1 atom stereocenters. The standard InChI is InChI=1S/C26H33F3N4O2/c27-26(28,29)19-32-12-10-31(11-13-32)16-20-4-3-7-22(14-20)25(35)30-15-24(34)18-33-9-8-21-5-1-2-6-23(21)17-33/h1-7,14,24,34H,8-13,15-19H2,(H,30,35). The topological polar surface area (TPSA) is 59.1 Å². The predicted octanol–water partition coefficient (Wildman–Crippen LogP) is 2.52. The number of amides is 1. The zero-order valence-corrected chi connectivity index (χ0v) is 19.8. The van der Waals surface area contributed by atoms with Crippen LogP contribution in [0.25, 0.3) is 0 Å². The van der Waals surface area contributed by atoms with Crippen LogP contribution < -0.4 is 5.32 Å². The van der Waals surface area contributed by atoms with Gasteiger partial charge >= 0.3 is 6.18 Å². The Morgan fingerprint density at radius 1 is 0.943 bits per heavy atom. The van der Waals surface area contributed by atoms with Gasteiger partial charge in [-0.05, 0) is 35.2 Å². The van der Waals surface area contributed by atoms with Crippen LogP contribution >= 0.6 is 0 Å². The maximum Gasteiger partial charge on any atom is 0.401 e. The average molecular weight is 491 g/mol. The number of aliphatic hydroxyl groups excluding tert-OH is 1. The monoisotopic (exact) mass is 490 g/mol. The number of nitrogens with one attached hydrogen (secondary N) is 1. The maximum absolute atomic E-state index is 12.7. The first kappa shape index (κ1) is 25.6. The number of alkyl halides is 3. The van der Waals surface area contributed by atoms with Gasteiger partial charge in [0.1, 0.15) is 0 Å². The van der Waals surface area contributed by atoms with Gasteiger partial charge in [-0.2, -0.15) is 13.2 Å². The van der Waals surface area contributed by atoms with E-state index >= 15 is 0 Å². The molecule has 9 heteroatoms. The van der Waals surface area contributed by atoms with Crippen LogP contribution in [0, 0.1) is 0 Å². The van der Waals surface area contributed by atoms with Crippen molar-refractivity contribution in [2.75, 3.05) is 52.4 Å². The highest BCUT2D eigenvalue weighted by Crippen LogP contribution is 2.19. The molecule has 1 amide bonds. The van der Waals surface area contributed by atoms with Gasteiger partial charge in [0.05, 0.1) is 12.6 Å². The molecule has 0 bridgehead atoms. The second kappa shape index (κ2) is 11.5. The SMILES string of the molecule is O=C(NCC(O)CN1CCc2ccccc2C1)c1cccc(CN2CCN(CC(F)(F)F)CC2)c1. The van der Waals surface area contributed by atoms with Gasteiger partial charge in [-0.1, -0.05) is 36.4 Å².